The summed E-state index contributed by atoms with van der Waals surface area (Å²) >= 11 is 0. The molecule has 1 aromatic carbocycles. The Morgan fingerprint density at radius 1 is 1.32 bits per heavy atom. The lowest BCUT2D eigenvalue weighted by atomic mass is 10.2. The zero-order chi connectivity index (χ0) is 13.7. The van der Waals surface area contributed by atoms with Crippen molar-refractivity contribution in [2.75, 3.05) is 0 Å². The number of nitrogen functional groups attached to an aromatic ring is 1. The SMILES string of the molecule is CCc1ccc(OCc2occc2C(=O)NN)cc1. The molecule has 100 valence electrons. The second-order valence-electron chi connectivity index (χ2n) is 4.02. The molecule has 0 radical (unpaired) electrons. The first-order valence-corrected chi connectivity index (χ1v) is 6.03. The number of rotatable bonds is 5. The summed E-state index contributed by atoms with van der Waals surface area (Å²) in [7, 11) is 0. The normalized spacial score (nSPS) is 10.2. The highest BCUT2D eigenvalue weighted by Crippen LogP contribution is 2.17. The molecule has 19 heavy (non-hydrogen) atoms. The summed E-state index contributed by atoms with van der Waals surface area (Å²) in [6.07, 6.45) is 2.42. The number of hydrogen-bond acceptors (Lipinski definition) is 4. The molecule has 5 heteroatoms. The highest BCUT2D eigenvalue weighted by atomic mass is 16.5. The van der Waals surface area contributed by atoms with E-state index in [-0.39, 0.29) is 6.61 Å². The number of nitrogens with one attached hydrogen (secondary N) is 1. The third-order valence-electron chi connectivity index (χ3n) is 2.82. The van der Waals surface area contributed by atoms with Gasteiger partial charge < -0.3 is 9.15 Å². The summed E-state index contributed by atoms with van der Waals surface area (Å²) in [5, 5.41) is 0. The van der Waals surface area contributed by atoms with Gasteiger partial charge >= 0.3 is 0 Å². The molecule has 0 unspecified atom stereocenters. The first-order chi connectivity index (χ1) is 9.24. The Kier molecular flexibility index (Phi) is 4.20. The van der Waals surface area contributed by atoms with E-state index in [4.69, 9.17) is 15.0 Å². The van der Waals surface area contributed by atoms with Crippen molar-refractivity contribution in [1.82, 2.24) is 5.43 Å². The van der Waals surface area contributed by atoms with E-state index in [9.17, 15) is 4.79 Å². The van der Waals surface area contributed by atoms with Crippen LogP contribution in [0.2, 0.25) is 0 Å². The van der Waals surface area contributed by atoms with Crippen molar-refractivity contribution in [3.8, 4) is 5.75 Å². The predicted molar refractivity (Wildman–Crippen MR) is 70.5 cm³/mol. The van der Waals surface area contributed by atoms with Crippen molar-refractivity contribution in [2.24, 2.45) is 5.84 Å². The van der Waals surface area contributed by atoms with Gasteiger partial charge in [-0.1, -0.05) is 19.1 Å². The van der Waals surface area contributed by atoms with Gasteiger partial charge in [0, 0.05) is 0 Å². The van der Waals surface area contributed by atoms with Crippen LogP contribution in [0.25, 0.3) is 0 Å². The van der Waals surface area contributed by atoms with Crippen LogP contribution in [0.5, 0.6) is 5.75 Å². The molecular weight excluding hydrogens is 244 g/mol. The summed E-state index contributed by atoms with van der Waals surface area (Å²) in [6.45, 7) is 2.28. The molecule has 1 amide bonds. The zero-order valence-electron chi connectivity index (χ0n) is 10.7. The Bertz CT molecular complexity index is 546. The van der Waals surface area contributed by atoms with Gasteiger partial charge in [-0.25, -0.2) is 5.84 Å². The van der Waals surface area contributed by atoms with E-state index in [1.165, 1.54) is 11.8 Å². The van der Waals surface area contributed by atoms with Gasteiger partial charge in [0.15, 0.2) is 5.76 Å². The van der Waals surface area contributed by atoms with E-state index in [0.29, 0.717) is 11.3 Å². The molecule has 5 nitrogen and oxygen atoms in total. The number of aryl methyl sites for hydroxylation is 1. The number of carbonyl (C=O) groups excluding carboxylic acids is 1. The third kappa shape index (κ3) is 3.14. The molecule has 0 spiro atoms. The number of nitrogens with two attached hydrogens (primary N) is 1. The van der Waals surface area contributed by atoms with Crippen molar-refractivity contribution in [1.29, 1.82) is 0 Å². The summed E-state index contributed by atoms with van der Waals surface area (Å²) in [4.78, 5) is 11.4. The maximum Gasteiger partial charge on any atom is 0.268 e. The van der Waals surface area contributed by atoms with Crippen LogP contribution in [0, 0.1) is 0 Å². The summed E-state index contributed by atoms with van der Waals surface area (Å²) in [5.74, 6) is 5.87. The fourth-order valence-corrected chi connectivity index (χ4v) is 1.70. The van der Waals surface area contributed by atoms with Crippen molar-refractivity contribution in [2.45, 2.75) is 20.0 Å². The van der Waals surface area contributed by atoms with E-state index < -0.39 is 5.91 Å². The van der Waals surface area contributed by atoms with Gasteiger partial charge in [-0.05, 0) is 30.2 Å². The lowest BCUT2D eigenvalue weighted by Crippen LogP contribution is -2.30. The number of hydrogen-bond donors (Lipinski definition) is 2. The third-order valence-corrected chi connectivity index (χ3v) is 2.82. The number of hydrazine groups is 1. The Morgan fingerprint density at radius 3 is 2.68 bits per heavy atom. The van der Waals surface area contributed by atoms with Gasteiger partial charge in [0.1, 0.15) is 12.4 Å². The highest BCUT2D eigenvalue weighted by Gasteiger charge is 2.13. The molecule has 0 aliphatic carbocycles. The van der Waals surface area contributed by atoms with Crippen LogP contribution in [0.1, 0.15) is 28.6 Å². The van der Waals surface area contributed by atoms with Crippen LogP contribution in [0.3, 0.4) is 0 Å². The van der Waals surface area contributed by atoms with Gasteiger partial charge in [0.05, 0.1) is 11.8 Å². The predicted octanol–water partition coefficient (Wildman–Crippen LogP) is 2.02. The summed E-state index contributed by atoms with van der Waals surface area (Å²) < 4.78 is 10.8. The Morgan fingerprint density at radius 2 is 2.05 bits per heavy atom. The molecule has 1 aromatic heterocycles. The van der Waals surface area contributed by atoms with Gasteiger partial charge in [0.2, 0.25) is 0 Å². The Balaban J connectivity index is 2.02. The maximum atomic E-state index is 11.4. The van der Waals surface area contributed by atoms with Crippen LogP contribution in [-0.4, -0.2) is 5.91 Å². The van der Waals surface area contributed by atoms with Crippen LogP contribution >= 0.6 is 0 Å². The van der Waals surface area contributed by atoms with Crippen molar-refractivity contribution in [3.63, 3.8) is 0 Å². The maximum absolute atomic E-state index is 11.4. The minimum absolute atomic E-state index is 0.182. The average Bonchev–Trinajstić information content (AvgIpc) is 2.93. The Hall–Kier alpha value is -2.27. The van der Waals surface area contributed by atoms with E-state index >= 15 is 0 Å². The molecule has 0 saturated carbocycles. The molecule has 1 heterocycles. The second-order valence-corrected chi connectivity index (χ2v) is 4.02. The molecule has 0 atom stereocenters. The fourth-order valence-electron chi connectivity index (χ4n) is 1.70. The highest BCUT2D eigenvalue weighted by molar-refractivity contribution is 5.94. The molecule has 0 aliphatic rings. The number of furan rings is 1. The molecule has 0 bridgehead atoms. The van der Waals surface area contributed by atoms with Gasteiger partial charge in [-0.3, -0.25) is 10.2 Å². The molecule has 2 rings (SSSR count). The molecule has 0 fully saturated rings. The number of carbonyl (C=O) groups is 1. The largest absolute Gasteiger partial charge is 0.486 e. The number of amides is 1. The molecule has 2 aromatic rings. The smallest absolute Gasteiger partial charge is 0.268 e. The van der Waals surface area contributed by atoms with Gasteiger partial charge in [-0.2, -0.15) is 0 Å². The van der Waals surface area contributed by atoms with E-state index in [2.05, 4.69) is 12.3 Å². The van der Waals surface area contributed by atoms with Crippen molar-refractivity contribution < 1.29 is 13.9 Å². The number of ether oxygens (including phenoxy) is 1. The van der Waals surface area contributed by atoms with Crippen LogP contribution in [0.4, 0.5) is 0 Å². The topological polar surface area (TPSA) is 77.5 Å². The Labute approximate surface area is 111 Å². The van der Waals surface area contributed by atoms with E-state index in [0.717, 1.165) is 12.2 Å². The molecule has 3 N–H and O–H groups in total. The molecule has 0 saturated heterocycles. The van der Waals surface area contributed by atoms with E-state index in [1.807, 2.05) is 24.3 Å². The monoisotopic (exact) mass is 260 g/mol. The lowest BCUT2D eigenvalue weighted by molar-refractivity contribution is 0.0949. The first-order valence-electron chi connectivity index (χ1n) is 6.03. The lowest BCUT2D eigenvalue weighted by Gasteiger charge is -2.06. The fraction of sp³-hybridized carbons (Fsp3) is 0.214. The quantitative estimate of drug-likeness (QED) is 0.490. The molecule has 0 aliphatic heterocycles. The summed E-state index contributed by atoms with van der Waals surface area (Å²) in [6, 6.07) is 9.35. The average molecular weight is 260 g/mol. The van der Waals surface area contributed by atoms with Crippen LogP contribution in [0.15, 0.2) is 41.0 Å². The standard InChI is InChI=1S/C14H16N2O3/c1-2-10-3-5-11(6-4-10)19-9-13-12(7-8-18-13)14(17)16-15/h3-8H,2,9,15H2,1H3,(H,16,17). The summed E-state index contributed by atoms with van der Waals surface area (Å²) in [5.41, 5.74) is 3.69. The van der Waals surface area contributed by atoms with Gasteiger partial charge in [-0.15, -0.1) is 0 Å². The van der Waals surface area contributed by atoms with Crippen LogP contribution in [-0.2, 0) is 13.0 Å². The second kappa shape index (κ2) is 6.06. The minimum atomic E-state index is -0.395. The first kappa shape index (κ1) is 13.2. The number of benzene rings is 1. The van der Waals surface area contributed by atoms with E-state index in [1.54, 1.807) is 6.07 Å². The molecular formula is C14H16N2O3. The van der Waals surface area contributed by atoms with Crippen molar-refractivity contribution >= 4 is 5.91 Å². The van der Waals surface area contributed by atoms with Gasteiger partial charge in [0.25, 0.3) is 5.91 Å². The van der Waals surface area contributed by atoms with Crippen molar-refractivity contribution in [3.05, 3.63) is 53.5 Å². The minimum Gasteiger partial charge on any atom is -0.486 e. The zero-order valence-corrected chi connectivity index (χ0v) is 10.7. The van der Waals surface area contributed by atoms with Crippen LogP contribution < -0.4 is 16.0 Å².